The lowest BCUT2D eigenvalue weighted by atomic mass is 9.95. The van der Waals surface area contributed by atoms with Crippen LogP contribution in [0.2, 0.25) is 0 Å². The summed E-state index contributed by atoms with van der Waals surface area (Å²) in [5.41, 5.74) is 5.99. The van der Waals surface area contributed by atoms with Crippen LogP contribution in [-0.2, 0) is 4.79 Å². The first-order valence-electron chi connectivity index (χ1n) is 6.92. The topological polar surface area (TPSA) is 49.6 Å². The lowest BCUT2D eigenvalue weighted by Crippen LogP contribution is -2.50. The van der Waals surface area contributed by atoms with Crippen LogP contribution in [0.25, 0.3) is 0 Å². The summed E-state index contributed by atoms with van der Waals surface area (Å²) >= 11 is 0. The van der Waals surface area contributed by atoms with Crippen LogP contribution in [0.4, 0.5) is 0 Å². The van der Waals surface area contributed by atoms with Gasteiger partial charge in [-0.25, -0.2) is 0 Å². The SMILES string of the molecule is CC1CN(CC(=O)N2CCCCC2)CCC1N. The smallest absolute Gasteiger partial charge is 0.236 e. The molecule has 0 aromatic heterocycles. The van der Waals surface area contributed by atoms with E-state index in [2.05, 4.69) is 11.8 Å². The molecular formula is C13H25N3O. The minimum absolute atomic E-state index is 0.312. The van der Waals surface area contributed by atoms with E-state index in [1.165, 1.54) is 19.3 Å². The van der Waals surface area contributed by atoms with E-state index in [0.29, 0.717) is 24.4 Å². The molecule has 0 spiro atoms. The quantitative estimate of drug-likeness (QED) is 0.770. The zero-order valence-electron chi connectivity index (χ0n) is 10.9. The van der Waals surface area contributed by atoms with Gasteiger partial charge >= 0.3 is 0 Å². The summed E-state index contributed by atoms with van der Waals surface area (Å²) in [4.78, 5) is 16.4. The van der Waals surface area contributed by atoms with Gasteiger partial charge in [0.05, 0.1) is 6.54 Å². The van der Waals surface area contributed by atoms with Crippen LogP contribution in [0.15, 0.2) is 0 Å². The Hall–Kier alpha value is -0.610. The van der Waals surface area contributed by atoms with Gasteiger partial charge in [0.15, 0.2) is 0 Å². The molecule has 0 radical (unpaired) electrons. The number of likely N-dealkylation sites (tertiary alicyclic amines) is 2. The Labute approximate surface area is 104 Å². The molecule has 2 N–H and O–H groups in total. The monoisotopic (exact) mass is 239 g/mol. The summed E-state index contributed by atoms with van der Waals surface area (Å²) in [6.45, 7) is 6.65. The first-order valence-corrected chi connectivity index (χ1v) is 6.92. The number of carbonyl (C=O) groups is 1. The Morgan fingerprint density at radius 2 is 1.94 bits per heavy atom. The second kappa shape index (κ2) is 5.83. The van der Waals surface area contributed by atoms with Gasteiger partial charge < -0.3 is 10.6 Å². The minimum atomic E-state index is 0.312. The Morgan fingerprint density at radius 3 is 2.59 bits per heavy atom. The highest BCUT2D eigenvalue weighted by molar-refractivity contribution is 5.78. The second-order valence-corrected chi connectivity index (χ2v) is 5.61. The fourth-order valence-corrected chi connectivity index (χ4v) is 2.83. The Kier molecular flexibility index (Phi) is 4.40. The van der Waals surface area contributed by atoms with Crippen molar-refractivity contribution in [2.45, 2.75) is 38.6 Å². The summed E-state index contributed by atoms with van der Waals surface area (Å²) in [6.07, 6.45) is 4.65. The second-order valence-electron chi connectivity index (χ2n) is 5.61. The van der Waals surface area contributed by atoms with Gasteiger partial charge in [-0.1, -0.05) is 6.92 Å². The third-order valence-corrected chi connectivity index (χ3v) is 4.12. The van der Waals surface area contributed by atoms with E-state index >= 15 is 0 Å². The van der Waals surface area contributed by atoms with Crippen molar-refractivity contribution in [2.24, 2.45) is 11.7 Å². The molecule has 0 aromatic carbocycles. The van der Waals surface area contributed by atoms with Crippen molar-refractivity contribution in [2.75, 3.05) is 32.7 Å². The summed E-state index contributed by atoms with van der Waals surface area (Å²) in [5.74, 6) is 0.824. The van der Waals surface area contributed by atoms with Crippen LogP contribution in [0, 0.1) is 5.92 Å². The van der Waals surface area contributed by atoms with Crippen molar-refractivity contribution in [3.8, 4) is 0 Å². The molecule has 2 unspecified atom stereocenters. The summed E-state index contributed by atoms with van der Waals surface area (Å²) in [7, 11) is 0. The molecule has 2 aliphatic rings. The van der Waals surface area contributed by atoms with Crippen molar-refractivity contribution in [1.29, 1.82) is 0 Å². The normalized spacial score (nSPS) is 31.5. The van der Waals surface area contributed by atoms with Crippen LogP contribution < -0.4 is 5.73 Å². The molecule has 0 aliphatic carbocycles. The number of hydrogen-bond donors (Lipinski definition) is 1. The minimum Gasteiger partial charge on any atom is -0.342 e. The maximum Gasteiger partial charge on any atom is 0.236 e. The number of rotatable bonds is 2. The zero-order chi connectivity index (χ0) is 12.3. The van der Waals surface area contributed by atoms with E-state index < -0.39 is 0 Å². The highest BCUT2D eigenvalue weighted by atomic mass is 16.2. The van der Waals surface area contributed by atoms with E-state index in [9.17, 15) is 4.79 Å². The van der Waals surface area contributed by atoms with Gasteiger partial charge in [0.25, 0.3) is 0 Å². The number of carbonyl (C=O) groups excluding carboxylic acids is 1. The van der Waals surface area contributed by atoms with Crippen molar-refractivity contribution in [1.82, 2.24) is 9.80 Å². The van der Waals surface area contributed by atoms with E-state index in [0.717, 1.165) is 32.6 Å². The van der Waals surface area contributed by atoms with Crippen molar-refractivity contribution in [3.63, 3.8) is 0 Å². The molecule has 0 bridgehead atoms. The van der Waals surface area contributed by atoms with Gasteiger partial charge in [-0.3, -0.25) is 9.69 Å². The number of amides is 1. The van der Waals surface area contributed by atoms with Crippen LogP contribution in [-0.4, -0.2) is 54.5 Å². The molecule has 2 aliphatic heterocycles. The Morgan fingerprint density at radius 1 is 1.24 bits per heavy atom. The predicted molar refractivity (Wildman–Crippen MR) is 68.6 cm³/mol. The highest BCUT2D eigenvalue weighted by Gasteiger charge is 2.26. The largest absolute Gasteiger partial charge is 0.342 e. The maximum atomic E-state index is 12.1. The van der Waals surface area contributed by atoms with Gasteiger partial charge in [-0.15, -0.1) is 0 Å². The fraction of sp³-hybridized carbons (Fsp3) is 0.923. The van der Waals surface area contributed by atoms with E-state index in [-0.39, 0.29) is 0 Å². The molecule has 2 fully saturated rings. The molecule has 98 valence electrons. The van der Waals surface area contributed by atoms with E-state index in [1.54, 1.807) is 0 Å². The van der Waals surface area contributed by atoms with Crippen LogP contribution >= 0.6 is 0 Å². The Bertz CT molecular complexity index is 263. The van der Waals surface area contributed by atoms with Gasteiger partial charge in [-0.2, -0.15) is 0 Å². The molecule has 17 heavy (non-hydrogen) atoms. The molecular weight excluding hydrogens is 214 g/mol. The zero-order valence-corrected chi connectivity index (χ0v) is 10.9. The fourth-order valence-electron chi connectivity index (χ4n) is 2.83. The Balaban J connectivity index is 1.78. The number of piperidine rings is 2. The molecule has 2 rings (SSSR count). The first-order chi connectivity index (χ1) is 8.16. The third kappa shape index (κ3) is 3.42. The van der Waals surface area contributed by atoms with Crippen molar-refractivity contribution < 1.29 is 4.79 Å². The molecule has 4 heteroatoms. The van der Waals surface area contributed by atoms with E-state index in [1.807, 2.05) is 4.90 Å². The predicted octanol–water partition coefficient (Wildman–Crippen LogP) is 0.668. The van der Waals surface area contributed by atoms with Gasteiger partial charge in [0.2, 0.25) is 5.91 Å². The standard InChI is InChI=1S/C13H25N3O/c1-11-9-15(8-5-12(11)14)10-13(17)16-6-3-2-4-7-16/h11-12H,2-10,14H2,1H3. The van der Waals surface area contributed by atoms with Crippen LogP contribution in [0.1, 0.15) is 32.6 Å². The lowest BCUT2D eigenvalue weighted by molar-refractivity contribution is -0.133. The molecule has 2 heterocycles. The van der Waals surface area contributed by atoms with Crippen molar-refractivity contribution in [3.05, 3.63) is 0 Å². The molecule has 2 atom stereocenters. The van der Waals surface area contributed by atoms with Crippen molar-refractivity contribution >= 4 is 5.91 Å². The van der Waals surface area contributed by atoms with E-state index in [4.69, 9.17) is 5.73 Å². The van der Waals surface area contributed by atoms with Gasteiger partial charge in [-0.05, 0) is 31.6 Å². The average molecular weight is 239 g/mol. The van der Waals surface area contributed by atoms with Crippen LogP contribution in [0.3, 0.4) is 0 Å². The van der Waals surface area contributed by atoms with Gasteiger partial charge in [0.1, 0.15) is 0 Å². The summed E-state index contributed by atoms with van der Waals surface area (Å²) in [6, 6.07) is 0.316. The average Bonchev–Trinajstić information content (AvgIpc) is 2.35. The van der Waals surface area contributed by atoms with Gasteiger partial charge in [0, 0.05) is 32.2 Å². The molecule has 4 nitrogen and oxygen atoms in total. The lowest BCUT2D eigenvalue weighted by Gasteiger charge is -2.36. The third-order valence-electron chi connectivity index (χ3n) is 4.12. The van der Waals surface area contributed by atoms with Crippen LogP contribution in [0.5, 0.6) is 0 Å². The molecule has 1 amide bonds. The number of hydrogen-bond acceptors (Lipinski definition) is 3. The maximum absolute atomic E-state index is 12.1. The molecule has 0 saturated carbocycles. The molecule has 0 aromatic rings. The number of nitrogens with zero attached hydrogens (tertiary/aromatic N) is 2. The first kappa shape index (κ1) is 12.8. The highest BCUT2D eigenvalue weighted by Crippen LogP contribution is 2.15. The molecule has 2 saturated heterocycles. The summed E-state index contributed by atoms with van der Waals surface area (Å²) in [5, 5.41) is 0. The number of nitrogens with two attached hydrogens (primary N) is 1. The summed E-state index contributed by atoms with van der Waals surface area (Å²) < 4.78 is 0.